The number of benzene rings is 1. The number of likely N-dealkylation sites (tertiary alicyclic amines) is 1. The number of ether oxygens (including phenoxy) is 1. The van der Waals surface area contributed by atoms with E-state index in [1.807, 2.05) is 6.07 Å². The third-order valence-corrected chi connectivity index (χ3v) is 5.62. The van der Waals surface area contributed by atoms with E-state index in [0.717, 1.165) is 42.8 Å². The minimum Gasteiger partial charge on any atom is -0.380 e. The molecule has 0 unspecified atom stereocenters. The van der Waals surface area contributed by atoms with Gasteiger partial charge in [0.1, 0.15) is 0 Å². The van der Waals surface area contributed by atoms with Gasteiger partial charge in [-0.1, -0.05) is 30.0 Å². The van der Waals surface area contributed by atoms with E-state index in [1.165, 1.54) is 25.9 Å². The van der Waals surface area contributed by atoms with Crippen LogP contribution in [0.4, 0.5) is 0 Å². The van der Waals surface area contributed by atoms with Gasteiger partial charge in [-0.15, -0.1) is 10.2 Å². The highest BCUT2D eigenvalue weighted by Gasteiger charge is 2.23. The zero-order chi connectivity index (χ0) is 15.5. The predicted octanol–water partition coefficient (Wildman–Crippen LogP) is 2.74. The number of para-hydroxylation sites is 1. The quantitative estimate of drug-likeness (QED) is 0.843. The Hall–Kier alpha value is -1.37. The van der Waals surface area contributed by atoms with Crippen LogP contribution in [0.25, 0.3) is 5.69 Å². The molecular formula is C17H22N4OS. The van der Waals surface area contributed by atoms with Gasteiger partial charge in [0, 0.05) is 17.5 Å². The summed E-state index contributed by atoms with van der Waals surface area (Å²) in [5, 5.41) is 10.5. The van der Waals surface area contributed by atoms with Crippen LogP contribution >= 0.6 is 11.8 Å². The predicted molar refractivity (Wildman–Crippen MR) is 91.0 cm³/mol. The van der Waals surface area contributed by atoms with Crippen molar-refractivity contribution in [3.05, 3.63) is 36.2 Å². The van der Waals surface area contributed by atoms with E-state index < -0.39 is 0 Å². The highest BCUT2D eigenvalue weighted by Crippen LogP contribution is 2.30. The van der Waals surface area contributed by atoms with Gasteiger partial charge in [-0.05, 0) is 44.5 Å². The van der Waals surface area contributed by atoms with E-state index in [1.54, 1.807) is 11.8 Å². The zero-order valence-corrected chi connectivity index (χ0v) is 14.0. The number of nitrogens with zero attached hydrogens (tertiary/aromatic N) is 4. The molecule has 3 heterocycles. The average Bonchev–Trinajstić information content (AvgIpc) is 3.32. The average molecular weight is 330 g/mol. The Morgan fingerprint density at radius 3 is 2.70 bits per heavy atom. The number of aromatic nitrogens is 3. The molecule has 5 nitrogen and oxygen atoms in total. The maximum absolute atomic E-state index is 5.50. The van der Waals surface area contributed by atoms with Crippen molar-refractivity contribution in [2.45, 2.75) is 36.2 Å². The summed E-state index contributed by atoms with van der Waals surface area (Å²) in [6.07, 6.45) is 3.68. The van der Waals surface area contributed by atoms with Crippen LogP contribution < -0.4 is 0 Å². The summed E-state index contributed by atoms with van der Waals surface area (Å²) in [5.74, 6) is 1.04. The summed E-state index contributed by atoms with van der Waals surface area (Å²) in [7, 11) is 0. The fourth-order valence-electron chi connectivity index (χ4n) is 3.21. The first-order valence-corrected chi connectivity index (χ1v) is 9.24. The Balaban J connectivity index is 1.63. The smallest absolute Gasteiger partial charge is 0.196 e. The second-order valence-electron chi connectivity index (χ2n) is 6.16. The largest absolute Gasteiger partial charge is 0.380 e. The van der Waals surface area contributed by atoms with Crippen LogP contribution in [0.2, 0.25) is 0 Å². The number of thioether (sulfide) groups is 1. The van der Waals surface area contributed by atoms with Crippen molar-refractivity contribution in [3.63, 3.8) is 0 Å². The van der Waals surface area contributed by atoms with Crippen molar-refractivity contribution in [2.24, 2.45) is 0 Å². The highest BCUT2D eigenvalue weighted by atomic mass is 32.2. The van der Waals surface area contributed by atoms with E-state index in [4.69, 9.17) is 4.74 Å². The number of hydrogen-bond acceptors (Lipinski definition) is 5. The van der Waals surface area contributed by atoms with Crippen LogP contribution in [0.3, 0.4) is 0 Å². The van der Waals surface area contributed by atoms with Gasteiger partial charge in [0.15, 0.2) is 11.0 Å². The minimum atomic E-state index is 0.487. The molecule has 0 aliphatic carbocycles. The molecule has 2 saturated heterocycles. The van der Waals surface area contributed by atoms with Gasteiger partial charge in [0.25, 0.3) is 0 Å². The third kappa shape index (κ3) is 3.44. The fourth-order valence-corrected chi connectivity index (χ4v) is 4.29. The Labute approximate surface area is 141 Å². The molecule has 0 radical (unpaired) electrons. The highest BCUT2D eigenvalue weighted by molar-refractivity contribution is 7.99. The van der Waals surface area contributed by atoms with Crippen molar-refractivity contribution in [1.82, 2.24) is 19.7 Å². The van der Waals surface area contributed by atoms with Crippen LogP contribution in [-0.4, -0.2) is 51.2 Å². The fraction of sp³-hybridized carbons (Fsp3) is 0.529. The maximum Gasteiger partial charge on any atom is 0.196 e. The summed E-state index contributed by atoms with van der Waals surface area (Å²) in [6, 6.07) is 10.5. The van der Waals surface area contributed by atoms with Gasteiger partial charge in [-0.25, -0.2) is 0 Å². The van der Waals surface area contributed by atoms with E-state index >= 15 is 0 Å². The lowest BCUT2D eigenvalue weighted by molar-refractivity contribution is 0.199. The Bertz CT molecular complexity index is 598. The summed E-state index contributed by atoms with van der Waals surface area (Å²) in [6.45, 7) is 4.89. The SMILES string of the molecule is c1ccc(-n2c(CN3CCCC3)nnc2S[C@H]2CCOC2)cc1. The molecule has 6 heteroatoms. The Morgan fingerprint density at radius 1 is 1.13 bits per heavy atom. The van der Waals surface area contributed by atoms with Gasteiger partial charge in [-0.3, -0.25) is 9.47 Å². The molecule has 1 aromatic carbocycles. The molecule has 2 aliphatic rings. The van der Waals surface area contributed by atoms with Crippen LogP contribution in [0.15, 0.2) is 35.5 Å². The zero-order valence-electron chi connectivity index (χ0n) is 13.2. The van der Waals surface area contributed by atoms with Crippen molar-refractivity contribution < 1.29 is 4.74 Å². The van der Waals surface area contributed by atoms with Crippen LogP contribution in [0.5, 0.6) is 0 Å². The first-order valence-electron chi connectivity index (χ1n) is 8.36. The Morgan fingerprint density at radius 2 is 1.96 bits per heavy atom. The number of rotatable bonds is 5. The van der Waals surface area contributed by atoms with Crippen molar-refractivity contribution in [1.29, 1.82) is 0 Å². The summed E-state index contributed by atoms with van der Waals surface area (Å²) in [5.41, 5.74) is 1.15. The molecule has 23 heavy (non-hydrogen) atoms. The molecule has 2 aromatic rings. The van der Waals surface area contributed by atoms with E-state index in [-0.39, 0.29) is 0 Å². The van der Waals surface area contributed by atoms with Gasteiger partial charge in [0.05, 0.1) is 13.2 Å². The normalized spacial score (nSPS) is 22.0. The van der Waals surface area contributed by atoms with Crippen LogP contribution in [0, 0.1) is 0 Å². The number of hydrogen-bond donors (Lipinski definition) is 0. The van der Waals surface area contributed by atoms with E-state index in [0.29, 0.717) is 5.25 Å². The van der Waals surface area contributed by atoms with Gasteiger partial charge < -0.3 is 4.74 Å². The van der Waals surface area contributed by atoms with Crippen LogP contribution in [-0.2, 0) is 11.3 Å². The topological polar surface area (TPSA) is 43.2 Å². The second kappa shape index (κ2) is 7.03. The monoisotopic (exact) mass is 330 g/mol. The lowest BCUT2D eigenvalue weighted by Crippen LogP contribution is -2.21. The third-order valence-electron chi connectivity index (χ3n) is 4.44. The molecule has 4 rings (SSSR count). The molecular weight excluding hydrogens is 308 g/mol. The molecule has 2 fully saturated rings. The standard InChI is InChI=1S/C17H22N4OS/c1-2-6-14(7-3-1)21-16(12-20-9-4-5-10-20)18-19-17(21)23-15-8-11-22-13-15/h1-3,6-7,15H,4-5,8-13H2/t15-/m0/s1. The molecule has 0 amide bonds. The van der Waals surface area contributed by atoms with Crippen LogP contribution in [0.1, 0.15) is 25.1 Å². The molecule has 1 aromatic heterocycles. The lowest BCUT2D eigenvalue weighted by Gasteiger charge is -2.16. The molecule has 2 aliphatic heterocycles. The lowest BCUT2D eigenvalue weighted by atomic mass is 10.3. The molecule has 122 valence electrons. The summed E-state index contributed by atoms with van der Waals surface area (Å²) in [4.78, 5) is 2.47. The van der Waals surface area contributed by atoms with Crippen molar-refractivity contribution in [2.75, 3.05) is 26.3 Å². The summed E-state index contributed by atoms with van der Waals surface area (Å²) >= 11 is 1.80. The van der Waals surface area contributed by atoms with E-state index in [2.05, 4.69) is 43.9 Å². The maximum atomic E-state index is 5.50. The van der Waals surface area contributed by atoms with Gasteiger partial charge >= 0.3 is 0 Å². The Kier molecular flexibility index (Phi) is 4.64. The summed E-state index contributed by atoms with van der Waals surface area (Å²) < 4.78 is 7.73. The van der Waals surface area contributed by atoms with Gasteiger partial charge in [0.2, 0.25) is 0 Å². The first-order chi connectivity index (χ1) is 11.4. The van der Waals surface area contributed by atoms with Crippen molar-refractivity contribution >= 4 is 11.8 Å². The molecule has 1 atom stereocenters. The first kappa shape index (κ1) is 15.2. The van der Waals surface area contributed by atoms with E-state index in [9.17, 15) is 0 Å². The van der Waals surface area contributed by atoms with Crippen molar-refractivity contribution in [3.8, 4) is 5.69 Å². The molecule has 0 saturated carbocycles. The minimum absolute atomic E-state index is 0.487. The second-order valence-corrected chi connectivity index (χ2v) is 7.42. The molecule has 0 bridgehead atoms. The molecule has 0 N–H and O–H groups in total. The van der Waals surface area contributed by atoms with Gasteiger partial charge in [-0.2, -0.15) is 0 Å². The molecule has 0 spiro atoms.